The summed E-state index contributed by atoms with van der Waals surface area (Å²) in [5, 5.41) is 0. The summed E-state index contributed by atoms with van der Waals surface area (Å²) < 4.78 is 0. The molecule has 0 nitrogen and oxygen atoms in total. The summed E-state index contributed by atoms with van der Waals surface area (Å²) in [5.74, 6) is 2.07. The summed E-state index contributed by atoms with van der Waals surface area (Å²) in [6, 6.07) is 0. The average molecular weight is 146 g/mol. The van der Waals surface area contributed by atoms with Crippen molar-refractivity contribution in [2.24, 2.45) is 11.8 Å². The Morgan fingerprint density at radius 2 is 2.27 bits per heavy atom. The number of hydrogen-bond donors (Lipinski definition) is 0. The zero-order valence-electron chi connectivity index (χ0n) is 6.84. The van der Waals surface area contributed by atoms with Crippen LogP contribution in [-0.2, 0) is 0 Å². The number of rotatable bonds is 0. The largest absolute Gasteiger partial charge is 0.0802 e. The molecule has 0 bridgehead atoms. The normalized spacial score (nSPS) is 40.0. The van der Waals surface area contributed by atoms with Gasteiger partial charge < -0.3 is 0 Å². The smallest absolute Gasteiger partial charge is 0.0127 e. The van der Waals surface area contributed by atoms with E-state index in [1.807, 2.05) is 5.57 Å². The molecule has 2 atom stereocenters. The van der Waals surface area contributed by atoms with Crippen molar-refractivity contribution in [3.8, 4) is 0 Å². The maximum atomic E-state index is 2.37. The molecule has 0 saturated heterocycles. The SMILES string of the molecule is C1=CC2=C(C1)C1CCCC1C2. The van der Waals surface area contributed by atoms with Crippen LogP contribution < -0.4 is 0 Å². The van der Waals surface area contributed by atoms with Gasteiger partial charge in [-0.1, -0.05) is 24.1 Å². The minimum atomic E-state index is 1.01. The van der Waals surface area contributed by atoms with E-state index in [4.69, 9.17) is 0 Å². The second-order valence-electron chi connectivity index (χ2n) is 4.16. The number of allylic oxidation sites excluding steroid dienone is 4. The van der Waals surface area contributed by atoms with Crippen LogP contribution in [-0.4, -0.2) is 0 Å². The highest BCUT2D eigenvalue weighted by Crippen LogP contribution is 2.50. The lowest BCUT2D eigenvalue weighted by Gasteiger charge is -2.11. The lowest BCUT2D eigenvalue weighted by atomic mass is 9.93. The molecule has 0 aromatic rings. The van der Waals surface area contributed by atoms with Crippen molar-refractivity contribution in [3.63, 3.8) is 0 Å². The molecule has 0 aromatic heterocycles. The van der Waals surface area contributed by atoms with E-state index in [0.29, 0.717) is 0 Å². The van der Waals surface area contributed by atoms with E-state index in [0.717, 1.165) is 11.8 Å². The fourth-order valence-electron chi connectivity index (χ4n) is 3.18. The van der Waals surface area contributed by atoms with Crippen molar-refractivity contribution in [3.05, 3.63) is 23.3 Å². The number of hydrogen-bond acceptors (Lipinski definition) is 0. The van der Waals surface area contributed by atoms with Gasteiger partial charge in [0.2, 0.25) is 0 Å². The molecule has 2 unspecified atom stereocenters. The first-order valence-corrected chi connectivity index (χ1v) is 4.83. The molecule has 0 spiro atoms. The second-order valence-corrected chi connectivity index (χ2v) is 4.16. The van der Waals surface area contributed by atoms with E-state index >= 15 is 0 Å². The minimum absolute atomic E-state index is 1.01. The van der Waals surface area contributed by atoms with Gasteiger partial charge in [-0.05, 0) is 43.1 Å². The molecular formula is C11H14. The zero-order chi connectivity index (χ0) is 7.26. The first kappa shape index (κ1) is 6.05. The predicted molar refractivity (Wildman–Crippen MR) is 46.2 cm³/mol. The van der Waals surface area contributed by atoms with E-state index in [1.165, 1.54) is 32.1 Å². The van der Waals surface area contributed by atoms with Crippen LogP contribution in [0.25, 0.3) is 0 Å². The highest BCUT2D eigenvalue weighted by atomic mass is 14.4. The first-order chi connectivity index (χ1) is 5.45. The van der Waals surface area contributed by atoms with Crippen LogP contribution in [0.5, 0.6) is 0 Å². The highest BCUT2D eigenvalue weighted by Gasteiger charge is 2.37. The summed E-state index contributed by atoms with van der Waals surface area (Å²) in [7, 11) is 0. The lowest BCUT2D eigenvalue weighted by Crippen LogP contribution is -2.02. The molecule has 0 radical (unpaired) electrons. The lowest BCUT2D eigenvalue weighted by molar-refractivity contribution is 0.474. The molecule has 11 heavy (non-hydrogen) atoms. The third-order valence-corrected chi connectivity index (χ3v) is 3.66. The average Bonchev–Trinajstić information content (AvgIpc) is 2.52. The van der Waals surface area contributed by atoms with Crippen LogP contribution in [0.2, 0.25) is 0 Å². The van der Waals surface area contributed by atoms with Crippen molar-refractivity contribution >= 4 is 0 Å². The summed E-state index contributed by atoms with van der Waals surface area (Å²) in [5.41, 5.74) is 3.52. The summed E-state index contributed by atoms with van der Waals surface area (Å²) in [6.45, 7) is 0. The predicted octanol–water partition coefficient (Wildman–Crippen LogP) is 3.06. The molecule has 0 heteroatoms. The third-order valence-electron chi connectivity index (χ3n) is 3.66. The molecule has 1 saturated carbocycles. The summed E-state index contributed by atoms with van der Waals surface area (Å²) >= 11 is 0. The third kappa shape index (κ3) is 0.702. The van der Waals surface area contributed by atoms with E-state index in [2.05, 4.69) is 12.2 Å². The molecule has 0 heterocycles. The van der Waals surface area contributed by atoms with Gasteiger partial charge in [0.05, 0.1) is 0 Å². The molecule has 0 aromatic carbocycles. The van der Waals surface area contributed by atoms with Crippen LogP contribution in [0.3, 0.4) is 0 Å². The Hall–Kier alpha value is -0.520. The minimum Gasteiger partial charge on any atom is -0.0802 e. The molecule has 0 N–H and O–H groups in total. The Balaban J connectivity index is 1.97. The first-order valence-electron chi connectivity index (χ1n) is 4.83. The van der Waals surface area contributed by atoms with Crippen LogP contribution in [0, 0.1) is 11.8 Å². The molecule has 58 valence electrons. The Morgan fingerprint density at radius 3 is 3.27 bits per heavy atom. The molecule has 3 aliphatic rings. The fraction of sp³-hybridized carbons (Fsp3) is 0.636. The molecular weight excluding hydrogens is 132 g/mol. The van der Waals surface area contributed by atoms with Crippen LogP contribution in [0.1, 0.15) is 32.1 Å². The monoisotopic (exact) mass is 146 g/mol. The fourth-order valence-corrected chi connectivity index (χ4v) is 3.18. The molecule has 0 amide bonds. The Bertz CT molecular complexity index is 245. The van der Waals surface area contributed by atoms with Crippen LogP contribution in [0.4, 0.5) is 0 Å². The summed E-state index contributed by atoms with van der Waals surface area (Å²) in [4.78, 5) is 0. The van der Waals surface area contributed by atoms with Gasteiger partial charge in [-0.25, -0.2) is 0 Å². The van der Waals surface area contributed by atoms with Gasteiger partial charge in [0.25, 0.3) is 0 Å². The quantitative estimate of drug-likeness (QED) is 0.492. The van der Waals surface area contributed by atoms with Crippen molar-refractivity contribution in [2.45, 2.75) is 32.1 Å². The zero-order valence-corrected chi connectivity index (χ0v) is 6.84. The second kappa shape index (κ2) is 2.00. The van der Waals surface area contributed by atoms with Gasteiger partial charge in [0, 0.05) is 0 Å². The maximum Gasteiger partial charge on any atom is -0.0127 e. The van der Waals surface area contributed by atoms with Crippen molar-refractivity contribution in [2.75, 3.05) is 0 Å². The van der Waals surface area contributed by atoms with Gasteiger partial charge in [0.15, 0.2) is 0 Å². The van der Waals surface area contributed by atoms with E-state index < -0.39 is 0 Å². The van der Waals surface area contributed by atoms with E-state index in [1.54, 1.807) is 5.57 Å². The Morgan fingerprint density at radius 1 is 1.27 bits per heavy atom. The Labute approximate surface area is 68.0 Å². The molecule has 1 fully saturated rings. The van der Waals surface area contributed by atoms with Gasteiger partial charge in [-0.15, -0.1) is 0 Å². The topological polar surface area (TPSA) is 0 Å². The van der Waals surface area contributed by atoms with Gasteiger partial charge in [0.1, 0.15) is 0 Å². The van der Waals surface area contributed by atoms with E-state index in [-0.39, 0.29) is 0 Å². The maximum absolute atomic E-state index is 2.37. The van der Waals surface area contributed by atoms with Crippen molar-refractivity contribution < 1.29 is 0 Å². The number of fused-ring (bicyclic) bond motifs is 2. The standard InChI is InChI=1S/C11H14/c1-3-8-7-9-4-2-6-11(9)10(8)5-1/h1,3,9,11H,2,4-7H2. The van der Waals surface area contributed by atoms with Gasteiger partial charge in [-0.3, -0.25) is 0 Å². The van der Waals surface area contributed by atoms with Crippen LogP contribution >= 0.6 is 0 Å². The van der Waals surface area contributed by atoms with Crippen molar-refractivity contribution in [1.29, 1.82) is 0 Å². The van der Waals surface area contributed by atoms with Crippen LogP contribution in [0.15, 0.2) is 23.3 Å². The summed E-state index contributed by atoms with van der Waals surface area (Å²) in [6.07, 6.45) is 11.9. The highest BCUT2D eigenvalue weighted by molar-refractivity contribution is 5.40. The van der Waals surface area contributed by atoms with Gasteiger partial charge in [-0.2, -0.15) is 0 Å². The van der Waals surface area contributed by atoms with Crippen molar-refractivity contribution in [1.82, 2.24) is 0 Å². The molecule has 3 rings (SSSR count). The van der Waals surface area contributed by atoms with E-state index in [9.17, 15) is 0 Å². The Kier molecular flexibility index (Phi) is 1.10. The molecule has 0 aliphatic heterocycles. The van der Waals surface area contributed by atoms with Gasteiger partial charge >= 0.3 is 0 Å². The molecule has 3 aliphatic carbocycles.